The smallest absolute Gasteiger partial charge is 0.242 e. The number of carbonyl (C=O) groups excluding carboxylic acids is 2. The van der Waals surface area contributed by atoms with Gasteiger partial charge in [-0.2, -0.15) is 0 Å². The number of hydrogen-bond donors (Lipinski definition) is 1. The van der Waals surface area contributed by atoms with Gasteiger partial charge in [-0.05, 0) is 56.2 Å². The molecule has 2 rings (SSSR count). The average Bonchev–Trinajstić information content (AvgIpc) is 2.63. The molecular weight excluding hydrogens is 419 g/mol. The van der Waals surface area contributed by atoms with E-state index in [9.17, 15) is 9.59 Å². The van der Waals surface area contributed by atoms with Crippen molar-refractivity contribution in [1.82, 2.24) is 10.2 Å². The van der Waals surface area contributed by atoms with E-state index in [-0.39, 0.29) is 24.3 Å². The van der Waals surface area contributed by atoms with E-state index in [0.29, 0.717) is 21.6 Å². The molecule has 1 N–H and O–H groups in total. The molecule has 28 heavy (non-hydrogen) atoms. The number of amides is 2. The van der Waals surface area contributed by atoms with E-state index in [1.165, 1.54) is 0 Å². The number of nitrogens with one attached hydrogen (secondary N) is 1. The number of rotatable bonds is 7. The molecule has 0 fully saturated rings. The molecule has 0 spiro atoms. The fourth-order valence-electron chi connectivity index (χ4n) is 2.70. The molecule has 0 bridgehead atoms. The first-order chi connectivity index (χ1) is 13.2. The summed E-state index contributed by atoms with van der Waals surface area (Å²) in [5, 5.41) is 4.30. The van der Waals surface area contributed by atoms with Gasteiger partial charge in [0.1, 0.15) is 6.04 Å². The van der Waals surface area contributed by atoms with Gasteiger partial charge < -0.3 is 10.2 Å². The summed E-state index contributed by atoms with van der Waals surface area (Å²) in [5.74, 6) is -0.383. The second-order valence-corrected chi connectivity index (χ2v) is 8.16. The number of nitrogens with zero attached hydrogens (tertiary/aromatic N) is 1. The molecular formula is C21H23Cl3N2O2. The molecule has 0 saturated heterocycles. The summed E-state index contributed by atoms with van der Waals surface area (Å²) in [6.07, 6.45) is 0.115. The third-order valence-electron chi connectivity index (χ3n) is 4.20. The zero-order valence-electron chi connectivity index (χ0n) is 16.0. The Morgan fingerprint density at radius 1 is 0.929 bits per heavy atom. The van der Waals surface area contributed by atoms with Crippen LogP contribution in [0.15, 0.2) is 42.5 Å². The molecule has 0 aliphatic carbocycles. The lowest BCUT2D eigenvalue weighted by Gasteiger charge is -2.29. The Balaban J connectivity index is 2.24. The van der Waals surface area contributed by atoms with Crippen molar-refractivity contribution in [3.63, 3.8) is 0 Å². The van der Waals surface area contributed by atoms with Gasteiger partial charge in [0.05, 0.1) is 16.5 Å². The van der Waals surface area contributed by atoms with Crippen molar-refractivity contribution in [1.29, 1.82) is 0 Å². The number of benzene rings is 2. The second-order valence-electron chi connectivity index (χ2n) is 6.91. The van der Waals surface area contributed by atoms with Crippen LogP contribution in [0.3, 0.4) is 0 Å². The van der Waals surface area contributed by atoms with Crippen molar-refractivity contribution >= 4 is 46.6 Å². The van der Waals surface area contributed by atoms with E-state index < -0.39 is 6.04 Å². The third-order valence-corrected chi connectivity index (χ3v) is 5.19. The Bertz CT molecular complexity index is 838. The highest BCUT2D eigenvalue weighted by atomic mass is 35.5. The number of halogens is 3. The molecule has 0 aliphatic rings. The van der Waals surface area contributed by atoms with Gasteiger partial charge in [-0.15, -0.1) is 0 Å². The number of hydrogen-bond acceptors (Lipinski definition) is 2. The minimum absolute atomic E-state index is 0.0162. The van der Waals surface area contributed by atoms with Crippen molar-refractivity contribution in [2.45, 2.75) is 45.8 Å². The molecule has 0 radical (unpaired) electrons. The molecule has 1 atom stereocenters. The predicted octanol–water partition coefficient (Wildman–Crippen LogP) is 5.13. The topological polar surface area (TPSA) is 49.4 Å². The summed E-state index contributed by atoms with van der Waals surface area (Å²) in [4.78, 5) is 27.1. The monoisotopic (exact) mass is 440 g/mol. The minimum atomic E-state index is -0.631. The molecule has 2 amide bonds. The van der Waals surface area contributed by atoms with Crippen molar-refractivity contribution in [3.8, 4) is 0 Å². The molecule has 7 heteroatoms. The zero-order valence-corrected chi connectivity index (χ0v) is 18.3. The molecule has 0 aliphatic heterocycles. The van der Waals surface area contributed by atoms with Gasteiger partial charge in [0.2, 0.25) is 11.8 Å². The normalized spacial score (nSPS) is 12.0. The van der Waals surface area contributed by atoms with E-state index >= 15 is 0 Å². The standard InChI is InChI=1S/C21H23Cl3N2O2/c1-13(2)25-21(28)14(3)26(12-15-4-7-17(22)8-5-15)20(27)11-16-6-9-18(23)19(24)10-16/h4-10,13-14H,11-12H2,1-3H3,(H,25,28)/t14-/m1/s1. The Hall–Kier alpha value is -1.75. The molecule has 2 aromatic carbocycles. The second kappa shape index (κ2) is 10.1. The molecule has 0 heterocycles. The summed E-state index contributed by atoms with van der Waals surface area (Å²) >= 11 is 18.0. The van der Waals surface area contributed by atoms with Crippen molar-refractivity contribution < 1.29 is 9.59 Å². The quantitative estimate of drug-likeness (QED) is 0.647. The van der Waals surface area contributed by atoms with Crippen LogP contribution in [0.25, 0.3) is 0 Å². The Labute approximate surface area is 180 Å². The highest BCUT2D eigenvalue weighted by Gasteiger charge is 2.26. The van der Waals surface area contributed by atoms with Crippen molar-refractivity contribution in [3.05, 3.63) is 68.7 Å². The van der Waals surface area contributed by atoms with Crippen LogP contribution in [0.5, 0.6) is 0 Å². The highest BCUT2D eigenvalue weighted by Crippen LogP contribution is 2.23. The maximum absolute atomic E-state index is 13.1. The van der Waals surface area contributed by atoms with Crippen LogP contribution in [0.1, 0.15) is 31.9 Å². The van der Waals surface area contributed by atoms with E-state index in [0.717, 1.165) is 11.1 Å². The number of carbonyl (C=O) groups is 2. The maximum atomic E-state index is 13.1. The molecule has 4 nitrogen and oxygen atoms in total. The van der Waals surface area contributed by atoms with Crippen LogP contribution in [-0.2, 0) is 22.6 Å². The van der Waals surface area contributed by atoms with Crippen LogP contribution < -0.4 is 5.32 Å². The lowest BCUT2D eigenvalue weighted by molar-refractivity contribution is -0.140. The lowest BCUT2D eigenvalue weighted by Crippen LogP contribution is -2.49. The molecule has 0 unspecified atom stereocenters. The molecule has 2 aromatic rings. The SMILES string of the molecule is CC(C)NC(=O)[C@@H](C)N(Cc1ccc(Cl)cc1)C(=O)Cc1ccc(Cl)c(Cl)c1. The fourth-order valence-corrected chi connectivity index (χ4v) is 3.15. The third kappa shape index (κ3) is 6.40. The predicted molar refractivity (Wildman–Crippen MR) is 115 cm³/mol. The summed E-state index contributed by atoms with van der Waals surface area (Å²) in [6, 6.07) is 11.6. The van der Waals surface area contributed by atoms with Gasteiger partial charge in [0.25, 0.3) is 0 Å². The zero-order chi connectivity index (χ0) is 20.8. The van der Waals surface area contributed by atoms with Crippen LogP contribution in [0, 0.1) is 0 Å². The van der Waals surface area contributed by atoms with Gasteiger partial charge >= 0.3 is 0 Å². The van der Waals surface area contributed by atoms with E-state index in [1.54, 1.807) is 42.2 Å². The summed E-state index contributed by atoms with van der Waals surface area (Å²) < 4.78 is 0. The van der Waals surface area contributed by atoms with Crippen LogP contribution >= 0.6 is 34.8 Å². The van der Waals surface area contributed by atoms with Gasteiger partial charge in [-0.3, -0.25) is 9.59 Å². The van der Waals surface area contributed by atoms with E-state index in [4.69, 9.17) is 34.8 Å². The van der Waals surface area contributed by atoms with Gasteiger partial charge in [0, 0.05) is 17.6 Å². The van der Waals surface area contributed by atoms with Crippen molar-refractivity contribution in [2.24, 2.45) is 0 Å². The average molecular weight is 442 g/mol. The van der Waals surface area contributed by atoms with Gasteiger partial charge in [-0.1, -0.05) is 53.0 Å². The molecule has 150 valence electrons. The van der Waals surface area contributed by atoms with E-state index in [1.807, 2.05) is 26.0 Å². The van der Waals surface area contributed by atoms with E-state index in [2.05, 4.69) is 5.32 Å². The highest BCUT2D eigenvalue weighted by molar-refractivity contribution is 6.42. The molecule has 0 aromatic heterocycles. The minimum Gasteiger partial charge on any atom is -0.352 e. The Morgan fingerprint density at radius 2 is 1.54 bits per heavy atom. The fraction of sp³-hybridized carbons (Fsp3) is 0.333. The summed E-state index contributed by atoms with van der Waals surface area (Å²) in [6.45, 7) is 5.78. The Kier molecular flexibility index (Phi) is 8.17. The first-order valence-corrected chi connectivity index (χ1v) is 10.1. The van der Waals surface area contributed by atoms with Gasteiger partial charge in [0.15, 0.2) is 0 Å². The largest absolute Gasteiger partial charge is 0.352 e. The van der Waals surface area contributed by atoms with Gasteiger partial charge in [-0.25, -0.2) is 0 Å². The first-order valence-electron chi connectivity index (χ1n) is 8.95. The van der Waals surface area contributed by atoms with Crippen molar-refractivity contribution in [2.75, 3.05) is 0 Å². The molecule has 0 saturated carbocycles. The Morgan fingerprint density at radius 3 is 2.11 bits per heavy atom. The maximum Gasteiger partial charge on any atom is 0.242 e. The van der Waals surface area contributed by atoms with Crippen LogP contribution in [-0.4, -0.2) is 28.8 Å². The summed E-state index contributed by atoms with van der Waals surface area (Å²) in [5.41, 5.74) is 1.62. The first kappa shape index (κ1) is 22.5. The van der Waals surface area contributed by atoms with Crippen LogP contribution in [0.4, 0.5) is 0 Å². The summed E-state index contributed by atoms with van der Waals surface area (Å²) in [7, 11) is 0. The van der Waals surface area contributed by atoms with Crippen LogP contribution in [0.2, 0.25) is 15.1 Å². The lowest BCUT2D eigenvalue weighted by atomic mass is 10.1.